The molecule has 108 valence electrons. The van der Waals surface area contributed by atoms with Crippen LogP contribution >= 0.6 is 15.9 Å². The molecule has 0 amide bonds. The van der Waals surface area contributed by atoms with Gasteiger partial charge in [0.2, 0.25) is 0 Å². The van der Waals surface area contributed by atoms with Crippen LogP contribution in [0.25, 0.3) is 0 Å². The number of aromatic nitrogens is 2. The zero-order valence-electron chi connectivity index (χ0n) is 11.0. The van der Waals surface area contributed by atoms with Crippen LogP contribution in [0.4, 0.5) is 13.2 Å². The fourth-order valence-electron chi connectivity index (χ4n) is 2.20. The highest BCUT2D eigenvalue weighted by Crippen LogP contribution is 2.33. The van der Waals surface area contributed by atoms with E-state index in [-0.39, 0.29) is 6.04 Å². The van der Waals surface area contributed by atoms with Crippen LogP contribution < -0.4 is 0 Å². The van der Waals surface area contributed by atoms with Gasteiger partial charge < -0.3 is 0 Å². The van der Waals surface area contributed by atoms with Crippen molar-refractivity contribution in [2.24, 2.45) is 0 Å². The number of hydrogen-bond donors (Lipinski definition) is 0. The van der Waals surface area contributed by atoms with Gasteiger partial charge >= 0.3 is 6.18 Å². The van der Waals surface area contributed by atoms with Crippen LogP contribution in [-0.4, -0.2) is 33.4 Å². The molecule has 1 fully saturated rings. The van der Waals surface area contributed by atoms with Crippen molar-refractivity contribution in [3.63, 3.8) is 0 Å². The molecule has 0 aliphatic heterocycles. The molecule has 0 atom stereocenters. The zero-order chi connectivity index (χ0) is 14.2. The van der Waals surface area contributed by atoms with Crippen molar-refractivity contribution in [2.75, 3.05) is 6.54 Å². The lowest BCUT2D eigenvalue weighted by Gasteiger charge is -2.23. The Hall–Kier alpha value is -0.560. The minimum absolute atomic E-state index is 0.0639. The Kier molecular flexibility index (Phi) is 4.25. The van der Waals surface area contributed by atoms with Gasteiger partial charge in [0.25, 0.3) is 0 Å². The third kappa shape index (κ3) is 3.72. The van der Waals surface area contributed by atoms with Gasteiger partial charge in [0.1, 0.15) is 0 Å². The number of halogens is 4. The summed E-state index contributed by atoms with van der Waals surface area (Å²) in [6.07, 6.45) is -2.44. The topological polar surface area (TPSA) is 21.1 Å². The highest BCUT2D eigenvalue weighted by molar-refractivity contribution is 9.10. The minimum Gasteiger partial charge on any atom is -0.286 e. The first kappa shape index (κ1) is 14.8. The Morgan fingerprint density at radius 3 is 2.53 bits per heavy atom. The van der Waals surface area contributed by atoms with Gasteiger partial charge in [-0.2, -0.15) is 18.3 Å². The first-order valence-corrected chi connectivity index (χ1v) is 7.13. The van der Waals surface area contributed by atoms with Crippen LogP contribution in [0, 0.1) is 6.92 Å². The van der Waals surface area contributed by atoms with Crippen molar-refractivity contribution < 1.29 is 13.2 Å². The highest BCUT2D eigenvalue weighted by atomic mass is 79.9. The molecule has 1 heterocycles. The van der Waals surface area contributed by atoms with E-state index in [0.29, 0.717) is 13.1 Å². The van der Waals surface area contributed by atoms with Gasteiger partial charge in [-0.05, 0) is 42.6 Å². The van der Waals surface area contributed by atoms with Gasteiger partial charge in [0.15, 0.2) is 0 Å². The summed E-state index contributed by atoms with van der Waals surface area (Å²) in [6.45, 7) is 3.89. The van der Waals surface area contributed by atoms with E-state index in [9.17, 15) is 13.2 Å². The molecule has 0 aromatic carbocycles. The van der Waals surface area contributed by atoms with Crippen molar-refractivity contribution in [1.29, 1.82) is 0 Å². The molecule has 0 radical (unpaired) electrons. The standard InChI is InChI=1S/C12H17BrF3N3/c1-3-19-10(11(13)8(2)17-19)6-18(9-4-5-9)7-12(14,15)16/h9H,3-7H2,1-2H3. The summed E-state index contributed by atoms with van der Waals surface area (Å²) < 4.78 is 40.4. The molecule has 0 unspecified atom stereocenters. The smallest absolute Gasteiger partial charge is 0.286 e. The van der Waals surface area contributed by atoms with Gasteiger partial charge in [-0.3, -0.25) is 9.58 Å². The SMILES string of the molecule is CCn1nc(C)c(Br)c1CN(CC(F)(F)F)C1CC1. The molecule has 1 aliphatic rings. The fourth-order valence-corrected chi connectivity index (χ4v) is 2.61. The molecule has 1 aromatic rings. The summed E-state index contributed by atoms with van der Waals surface area (Å²) in [5, 5.41) is 4.32. The number of rotatable bonds is 5. The molecule has 1 aromatic heterocycles. The normalized spacial score (nSPS) is 16.4. The summed E-state index contributed by atoms with van der Waals surface area (Å²) in [5.41, 5.74) is 1.65. The van der Waals surface area contributed by atoms with Crippen LogP contribution in [0.1, 0.15) is 31.2 Å². The van der Waals surface area contributed by atoms with E-state index in [0.717, 1.165) is 28.7 Å². The van der Waals surface area contributed by atoms with E-state index in [4.69, 9.17) is 0 Å². The fraction of sp³-hybridized carbons (Fsp3) is 0.750. The summed E-state index contributed by atoms with van der Waals surface area (Å²) in [4.78, 5) is 1.51. The van der Waals surface area contributed by atoms with Crippen molar-refractivity contribution >= 4 is 15.9 Å². The Balaban J connectivity index is 2.17. The Labute approximate surface area is 118 Å². The van der Waals surface area contributed by atoms with Crippen LogP contribution in [0.3, 0.4) is 0 Å². The van der Waals surface area contributed by atoms with Gasteiger partial charge in [0.05, 0.1) is 22.4 Å². The monoisotopic (exact) mass is 339 g/mol. The van der Waals surface area contributed by atoms with E-state index < -0.39 is 12.7 Å². The molecule has 0 saturated heterocycles. The van der Waals surface area contributed by atoms with Crippen LogP contribution in [0.5, 0.6) is 0 Å². The second-order valence-corrected chi connectivity index (χ2v) is 5.71. The van der Waals surface area contributed by atoms with E-state index in [1.807, 2.05) is 13.8 Å². The second kappa shape index (κ2) is 5.44. The summed E-state index contributed by atoms with van der Waals surface area (Å²) in [7, 11) is 0. The largest absolute Gasteiger partial charge is 0.401 e. The van der Waals surface area contributed by atoms with Crippen molar-refractivity contribution in [2.45, 2.75) is 52.0 Å². The predicted octanol–water partition coefficient (Wildman–Crippen LogP) is 3.50. The summed E-state index contributed by atoms with van der Waals surface area (Å²) >= 11 is 3.43. The lowest BCUT2D eigenvalue weighted by molar-refractivity contribution is -0.148. The molecule has 2 rings (SSSR count). The summed E-state index contributed by atoms with van der Waals surface area (Å²) in [6, 6.07) is 0.0639. The maximum Gasteiger partial charge on any atom is 0.401 e. The number of alkyl halides is 3. The average molecular weight is 340 g/mol. The third-order valence-electron chi connectivity index (χ3n) is 3.25. The average Bonchev–Trinajstić information content (AvgIpc) is 3.09. The number of aryl methyl sites for hydroxylation is 2. The quantitative estimate of drug-likeness (QED) is 0.818. The first-order valence-electron chi connectivity index (χ1n) is 6.34. The van der Waals surface area contributed by atoms with Gasteiger partial charge in [0, 0.05) is 19.1 Å². The highest BCUT2D eigenvalue weighted by Gasteiger charge is 2.38. The number of hydrogen-bond acceptors (Lipinski definition) is 2. The van der Waals surface area contributed by atoms with Gasteiger partial charge in [-0.25, -0.2) is 0 Å². The molecule has 0 N–H and O–H groups in total. The van der Waals surface area contributed by atoms with Gasteiger partial charge in [-0.15, -0.1) is 0 Å². The first-order chi connectivity index (χ1) is 8.81. The Bertz CT molecular complexity index is 452. The molecule has 3 nitrogen and oxygen atoms in total. The molecular formula is C12H17BrF3N3. The molecule has 0 bridgehead atoms. The van der Waals surface area contributed by atoms with Gasteiger partial charge in [-0.1, -0.05) is 0 Å². The lowest BCUT2D eigenvalue weighted by atomic mass is 10.3. The third-order valence-corrected chi connectivity index (χ3v) is 4.28. The van der Waals surface area contributed by atoms with E-state index in [1.54, 1.807) is 4.68 Å². The van der Waals surface area contributed by atoms with Crippen molar-refractivity contribution in [3.05, 3.63) is 15.9 Å². The molecular weight excluding hydrogens is 323 g/mol. The molecule has 19 heavy (non-hydrogen) atoms. The van der Waals surface area contributed by atoms with Crippen molar-refractivity contribution in [3.8, 4) is 0 Å². The summed E-state index contributed by atoms with van der Waals surface area (Å²) in [5.74, 6) is 0. The van der Waals surface area contributed by atoms with Crippen molar-refractivity contribution in [1.82, 2.24) is 14.7 Å². The zero-order valence-corrected chi connectivity index (χ0v) is 12.6. The van der Waals surface area contributed by atoms with Crippen LogP contribution in [-0.2, 0) is 13.1 Å². The second-order valence-electron chi connectivity index (χ2n) is 4.91. The minimum atomic E-state index is -4.15. The van der Waals surface area contributed by atoms with Crippen LogP contribution in [0.2, 0.25) is 0 Å². The van der Waals surface area contributed by atoms with E-state index >= 15 is 0 Å². The Morgan fingerprint density at radius 2 is 2.05 bits per heavy atom. The lowest BCUT2D eigenvalue weighted by Crippen LogP contribution is -2.36. The molecule has 1 saturated carbocycles. The number of nitrogens with zero attached hydrogens (tertiary/aromatic N) is 3. The van der Waals surface area contributed by atoms with E-state index in [1.165, 1.54) is 4.90 Å². The maximum absolute atomic E-state index is 12.6. The predicted molar refractivity (Wildman–Crippen MR) is 69.8 cm³/mol. The maximum atomic E-state index is 12.6. The molecule has 7 heteroatoms. The molecule has 0 spiro atoms. The Morgan fingerprint density at radius 1 is 1.42 bits per heavy atom. The van der Waals surface area contributed by atoms with E-state index in [2.05, 4.69) is 21.0 Å². The van der Waals surface area contributed by atoms with Crippen LogP contribution in [0.15, 0.2) is 4.47 Å². The molecule has 1 aliphatic carbocycles.